The molecule has 112 valence electrons. The van der Waals surface area contributed by atoms with Crippen molar-refractivity contribution in [1.82, 2.24) is 0 Å². The molecule has 0 aliphatic heterocycles. The van der Waals surface area contributed by atoms with E-state index in [0.29, 0.717) is 0 Å². The molecule has 0 fully saturated rings. The number of Topliss-reactive ketones (excluding diaryl/α,β-unsaturated/α-hetero) is 1. The summed E-state index contributed by atoms with van der Waals surface area (Å²) in [5.74, 6) is 0.190. The van der Waals surface area contributed by atoms with E-state index in [2.05, 4.69) is 57.8 Å². The van der Waals surface area contributed by atoms with Crippen LogP contribution in [0.15, 0.2) is 40.5 Å². The van der Waals surface area contributed by atoms with Crippen molar-refractivity contribution in [1.29, 1.82) is 0 Å². The minimum absolute atomic E-state index is 0.170. The largest absolute Gasteiger partial charge is 0.364 e. The van der Waals surface area contributed by atoms with Crippen molar-refractivity contribution in [2.45, 2.75) is 47.6 Å². The highest BCUT2D eigenvalue weighted by Gasteiger charge is 2.30. The van der Waals surface area contributed by atoms with E-state index in [1.807, 2.05) is 13.8 Å². The molecule has 2 heteroatoms. The van der Waals surface area contributed by atoms with Gasteiger partial charge in [-0.2, -0.15) is 0 Å². The van der Waals surface area contributed by atoms with Gasteiger partial charge in [-0.1, -0.05) is 12.1 Å². The predicted octanol–water partition coefficient (Wildman–Crippen LogP) is 4.36. The van der Waals surface area contributed by atoms with Gasteiger partial charge in [-0.05, 0) is 81.0 Å². The summed E-state index contributed by atoms with van der Waals surface area (Å²) in [5, 5.41) is 0. The van der Waals surface area contributed by atoms with Crippen molar-refractivity contribution < 1.29 is 4.79 Å². The fraction of sp³-hybridized carbons (Fsp3) is 0.421. The van der Waals surface area contributed by atoms with Crippen LogP contribution in [-0.2, 0) is 4.79 Å². The second-order valence-corrected chi connectivity index (χ2v) is 6.25. The first-order chi connectivity index (χ1) is 9.75. The van der Waals surface area contributed by atoms with E-state index in [9.17, 15) is 4.79 Å². The molecule has 0 radical (unpaired) electrons. The number of carbonyl (C=O) groups excluding carboxylic acids is 1. The summed E-state index contributed by atoms with van der Waals surface area (Å²) < 4.78 is 0. The van der Waals surface area contributed by atoms with Gasteiger partial charge in [0.1, 0.15) is 0 Å². The minimum atomic E-state index is 0.170. The van der Waals surface area contributed by atoms with Crippen molar-refractivity contribution in [3.05, 3.63) is 51.6 Å². The summed E-state index contributed by atoms with van der Waals surface area (Å²) in [5.41, 5.74) is 7.84. The molecule has 0 amide bonds. The smallest absolute Gasteiger partial charge is 0.184 e. The molecule has 2 nitrogen and oxygen atoms in total. The first-order valence-electron chi connectivity index (χ1n) is 7.45. The zero-order valence-corrected chi connectivity index (χ0v) is 14.2. The van der Waals surface area contributed by atoms with Crippen LogP contribution in [0.2, 0.25) is 0 Å². The first-order valence-corrected chi connectivity index (χ1v) is 7.45. The highest BCUT2D eigenvalue weighted by Crippen LogP contribution is 2.34. The number of nitrogens with zero attached hydrogens (tertiary/aromatic N) is 1. The molecular formula is C19H25NO. The Hall–Kier alpha value is -1.83. The van der Waals surface area contributed by atoms with Crippen molar-refractivity contribution in [3.8, 4) is 0 Å². The first kappa shape index (κ1) is 15.6. The van der Waals surface area contributed by atoms with E-state index in [1.165, 1.54) is 16.8 Å². The molecule has 1 aromatic rings. The van der Waals surface area contributed by atoms with Crippen LogP contribution < -0.4 is 4.90 Å². The summed E-state index contributed by atoms with van der Waals surface area (Å²) in [6.07, 6.45) is 0. The van der Waals surface area contributed by atoms with Crippen molar-refractivity contribution in [3.63, 3.8) is 0 Å². The van der Waals surface area contributed by atoms with Crippen LogP contribution in [0.3, 0.4) is 0 Å². The van der Waals surface area contributed by atoms with Gasteiger partial charge < -0.3 is 4.90 Å². The maximum Gasteiger partial charge on any atom is 0.184 e. The Bertz CT molecular complexity index is 636. The summed E-state index contributed by atoms with van der Waals surface area (Å²) in [4.78, 5) is 14.5. The summed E-state index contributed by atoms with van der Waals surface area (Å²) in [7, 11) is 2.12. The summed E-state index contributed by atoms with van der Waals surface area (Å²) >= 11 is 0. The molecule has 21 heavy (non-hydrogen) atoms. The Kier molecular flexibility index (Phi) is 4.08. The van der Waals surface area contributed by atoms with E-state index in [0.717, 1.165) is 22.3 Å². The zero-order valence-electron chi connectivity index (χ0n) is 14.2. The van der Waals surface area contributed by atoms with Gasteiger partial charge in [-0.25, -0.2) is 0 Å². The quantitative estimate of drug-likeness (QED) is 0.803. The minimum Gasteiger partial charge on any atom is -0.364 e. The zero-order chi connectivity index (χ0) is 15.9. The Morgan fingerprint density at radius 1 is 0.905 bits per heavy atom. The molecule has 0 saturated heterocycles. The van der Waals surface area contributed by atoms with Gasteiger partial charge >= 0.3 is 0 Å². The number of aryl methyl sites for hydroxylation is 2. The summed E-state index contributed by atoms with van der Waals surface area (Å²) in [6, 6.07) is 6.69. The second kappa shape index (κ2) is 5.51. The molecule has 0 bridgehead atoms. The van der Waals surface area contributed by atoms with E-state index >= 15 is 0 Å². The Labute approximate surface area is 128 Å². The number of benzene rings is 1. The van der Waals surface area contributed by atoms with E-state index < -0.39 is 0 Å². The van der Waals surface area contributed by atoms with Crippen LogP contribution in [0.5, 0.6) is 0 Å². The average molecular weight is 283 g/mol. The topological polar surface area (TPSA) is 20.3 Å². The maximum absolute atomic E-state index is 12.2. The van der Waals surface area contributed by atoms with Gasteiger partial charge in [0.05, 0.1) is 6.04 Å². The monoisotopic (exact) mass is 283 g/mol. The number of anilines is 1. The van der Waals surface area contributed by atoms with Gasteiger partial charge in [0.2, 0.25) is 0 Å². The second-order valence-electron chi connectivity index (χ2n) is 6.25. The number of carbonyl (C=O) groups is 1. The maximum atomic E-state index is 12.2. The lowest BCUT2D eigenvalue weighted by Gasteiger charge is -2.37. The molecule has 0 saturated carbocycles. The third-order valence-electron chi connectivity index (χ3n) is 4.82. The number of hydrogen-bond donors (Lipinski definition) is 0. The molecular weight excluding hydrogens is 258 g/mol. The standard InChI is InChI=1S/C19H25NO/c1-11-8-9-12(2)17(10-11)20(7)18-13(3)15(5)19(21)16(6)14(18)4/h8-10,18H,1-7H3. The van der Waals surface area contributed by atoms with E-state index in [-0.39, 0.29) is 11.8 Å². The highest BCUT2D eigenvalue weighted by atomic mass is 16.1. The lowest BCUT2D eigenvalue weighted by molar-refractivity contribution is -0.112. The normalized spacial score (nSPS) is 16.8. The molecule has 0 unspecified atom stereocenters. The molecule has 0 N–H and O–H groups in total. The van der Waals surface area contributed by atoms with Gasteiger partial charge in [0, 0.05) is 12.7 Å². The third kappa shape index (κ3) is 2.55. The molecule has 0 spiro atoms. The third-order valence-corrected chi connectivity index (χ3v) is 4.82. The number of allylic oxidation sites excluding steroid dienone is 2. The molecule has 2 rings (SSSR count). The number of hydrogen-bond acceptors (Lipinski definition) is 2. The predicted molar refractivity (Wildman–Crippen MR) is 89.9 cm³/mol. The fourth-order valence-electron chi connectivity index (χ4n) is 3.19. The van der Waals surface area contributed by atoms with Gasteiger partial charge in [0.15, 0.2) is 5.78 Å². The Balaban J connectivity index is 2.54. The molecule has 1 aliphatic rings. The van der Waals surface area contributed by atoms with Crippen LogP contribution in [-0.4, -0.2) is 18.9 Å². The highest BCUT2D eigenvalue weighted by molar-refractivity contribution is 6.10. The molecule has 0 aromatic heterocycles. The van der Waals surface area contributed by atoms with Crippen LogP contribution in [0, 0.1) is 13.8 Å². The van der Waals surface area contributed by atoms with Crippen LogP contribution in [0.1, 0.15) is 38.8 Å². The van der Waals surface area contributed by atoms with Crippen molar-refractivity contribution in [2.75, 3.05) is 11.9 Å². The molecule has 0 heterocycles. The Morgan fingerprint density at radius 2 is 1.43 bits per heavy atom. The van der Waals surface area contributed by atoms with Gasteiger partial charge in [-0.3, -0.25) is 4.79 Å². The Morgan fingerprint density at radius 3 is 1.95 bits per heavy atom. The molecule has 1 aliphatic carbocycles. The number of likely N-dealkylation sites (N-methyl/N-ethyl adjacent to an activating group) is 1. The van der Waals surface area contributed by atoms with Gasteiger partial charge in [-0.15, -0.1) is 0 Å². The van der Waals surface area contributed by atoms with Crippen molar-refractivity contribution in [2.24, 2.45) is 0 Å². The lowest BCUT2D eigenvalue weighted by atomic mass is 9.83. The van der Waals surface area contributed by atoms with Crippen LogP contribution in [0.4, 0.5) is 5.69 Å². The van der Waals surface area contributed by atoms with E-state index in [1.54, 1.807) is 0 Å². The molecule has 0 atom stereocenters. The fourth-order valence-corrected chi connectivity index (χ4v) is 3.19. The average Bonchev–Trinajstić information content (AvgIpc) is 2.45. The number of rotatable bonds is 2. The van der Waals surface area contributed by atoms with E-state index in [4.69, 9.17) is 0 Å². The summed E-state index contributed by atoms with van der Waals surface area (Å²) in [6.45, 7) is 12.3. The lowest BCUT2D eigenvalue weighted by Crippen LogP contribution is -2.38. The van der Waals surface area contributed by atoms with Crippen LogP contribution >= 0.6 is 0 Å². The van der Waals surface area contributed by atoms with Crippen LogP contribution in [0.25, 0.3) is 0 Å². The van der Waals surface area contributed by atoms with Gasteiger partial charge in [0.25, 0.3) is 0 Å². The molecule has 1 aromatic carbocycles. The van der Waals surface area contributed by atoms with Crippen molar-refractivity contribution >= 4 is 11.5 Å². The number of ketones is 1. The SMILES string of the molecule is CC1=C(C)C(N(C)c2cc(C)ccc2C)C(C)=C(C)C1=O.